The van der Waals surface area contributed by atoms with E-state index in [-0.39, 0.29) is 5.92 Å². The summed E-state index contributed by atoms with van der Waals surface area (Å²) in [5.41, 5.74) is -1.04. The second-order valence-corrected chi connectivity index (χ2v) is 4.55. The van der Waals surface area contributed by atoms with Crippen LogP contribution in [0.3, 0.4) is 0 Å². The summed E-state index contributed by atoms with van der Waals surface area (Å²) < 4.78 is 15.5. The van der Waals surface area contributed by atoms with E-state index >= 15 is 0 Å². The van der Waals surface area contributed by atoms with E-state index in [0.717, 1.165) is 0 Å². The van der Waals surface area contributed by atoms with E-state index in [1.807, 2.05) is 0 Å². The van der Waals surface area contributed by atoms with Crippen LogP contribution in [0.5, 0.6) is 0 Å². The lowest BCUT2D eigenvalue weighted by atomic mass is 9.87. The molecule has 0 amide bonds. The lowest BCUT2D eigenvalue weighted by Gasteiger charge is -2.33. The summed E-state index contributed by atoms with van der Waals surface area (Å²) in [4.78, 5) is 17.5. The molecule has 0 aromatic rings. The Kier molecular flexibility index (Phi) is 4.75. The van der Waals surface area contributed by atoms with Gasteiger partial charge in [0.2, 0.25) is 0 Å². The summed E-state index contributed by atoms with van der Waals surface area (Å²) in [5, 5.41) is 0. The van der Waals surface area contributed by atoms with Gasteiger partial charge in [-0.2, -0.15) is 0 Å². The molecule has 0 rings (SSSR count). The first-order valence-corrected chi connectivity index (χ1v) is 5.81. The highest BCUT2D eigenvalue weighted by Crippen LogP contribution is 2.46. The Morgan fingerprint density at radius 1 is 1.50 bits per heavy atom. The fourth-order valence-corrected chi connectivity index (χ4v) is 1.98. The van der Waals surface area contributed by atoms with Gasteiger partial charge in [-0.3, -0.25) is 4.52 Å². The molecule has 4 nitrogen and oxygen atoms in total. The van der Waals surface area contributed by atoms with Gasteiger partial charge in [-0.05, 0) is 12.3 Å². The Morgan fingerprint density at radius 3 is 2.21 bits per heavy atom. The second kappa shape index (κ2) is 4.89. The van der Waals surface area contributed by atoms with Crippen LogP contribution in [0.2, 0.25) is 0 Å². The first-order valence-electron chi connectivity index (χ1n) is 4.28. The maximum absolute atomic E-state index is 10.8. The number of phosphoric acid groups is 1. The lowest BCUT2D eigenvalue weighted by molar-refractivity contribution is 0.0386. The predicted octanol–water partition coefficient (Wildman–Crippen LogP) is 2.25. The molecule has 0 aromatic heterocycles. The fraction of sp³-hybridized carbons (Fsp3) is 0.556. The largest absolute Gasteiger partial charge is 0.470 e. The van der Waals surface area contributed by atoms with Crippen molar-refractivity contribution in [2.45, 2.75) is 25.9 Å². The SMILES string of the molecule is C=CCC(C=C)(OP(=O)(O)O)C(C)C. The molecule has 0 heterocycles. The summed E-state index contributed by atoms with van der Waals surface area (Å²) >= 11 is 0. The van der Waals surface area contributed by atoms with Crippen LogP contribution in [-0.4, -0.2) is 15.4 Å². The quantitative estimate of drug-likeness (QED) is 0.532. The van der Waals surface area contributed by atoms with Gasteiger partial charge in [0.05, 0.1) is 0 Å². The smallest absolute Gasteiger partial charge is 0.303 e. The highest BCUT2D eigenvalue weighted by atomic mass is 31.2. The Balaban J connectivity index is 4.94. The van der Waals surface area contributed by atoms with Gasteiger partial charge >= 0.3 is 7.82 Å². The van der Waals surface area contributed by atoms with Gasteiger partial charge in [0.25, 0.3) is 0 Å². The molecular formula is C9H17O4P. The standard InChI is InChI=1S/C9H17O4P/c1-5-7-9(6-2,8(3)4)13-14(10,11)12/h5-6,8H,1-2,7H2,3-4H3,(H2,10,11,12). The molecule has 0 aliphatic rings. The zero-order valence-electron chi connectivity index (χ0n) is 8.51. The average molecular weight is 220 g/mol. The molecule has 0 aliphatic heterocycles. The van der Waals surface area contributed by atoms with Crippen molar-refractivity contribution < 1.29 is 18.9 Å². The van der Waals surface area contributed by atoms with Crippen LogP contribution in [0.25, 0.3) is 0 Å². The van der Waals surface area contributed by atoms with Crippen molar-refractivity contribution >= 4 is 7.82 Å². The molecule has 0 aromatic carbocycles. The highest BCUT2D eigenvalue weighted by molar-refractivity contribution is 7.46. The monoisotopic (exact) mass is 220 g/mol. The molecule has 0 spiro atoms. The van der Waals surface area contributed by atoms with E-state index in [1.165, 1.54) is 6.08 Å². The molecule has 82 valence electrons. The third-order valence-electron chi connectivity index (χ3n) is 2.08. The minimum absolute atomic E-state index is 0.0920. The molecule has 0 fully saturated rings. The van der Waals surface area contributed by atoms with E-state index in [0.29, 0.717) is 6.42 Å². The van der Waals surface area contributed by atoms with E-state index in [9.17, 15) is 4.57 Å². The van der Waals surface area contributed by atoms with Crippen LogP contribution >= 0.6 is 7.82 Å². The van der Waals surface area contributed by atoms with Gasteiger partial charge in [-0.1, -0.05) is 26.0 Å². The zero-order chi connectivity index (χ0) is 11.4. The summed E-state index contributed by atoms with van der Waals surface area (Å²) in [6.07, 6.45) is 3.29. The minimum atomic E-state index is -4.51. The van der Waals surface area contributed by atoms with Gasteiger partial charge in [-0.15, -0.1) is 13.2 Å². The van der Waals surface area contributed by atoms with Gasteiger partial charge < -0.3 is 9.79 Å². The van der Waals surface area contributed by atoms with Gasteiger partial charge in [0.15, 0.2) is 0 Å². The normalized spacial score (nSPS) is 16.4. The van der Waals surface area contributed by atoms with Crippen molar-refractivity contribution in [3.63, 3.8) is 0 Å². The van der Waals surface area contributed by atoms with Crippen molar-refractivity contribution in [3.05, 3.63) is 25.3 Å². The predicted molar refractivity (Wildman–Crippen MR) is 55.7 cm³/mol. The Bertz CT molecular complexity index is 256. The van der Waals surface area contributed by atoms with E-state index in [4.69, 9.17) is 14.3 Å². The van der Waals surface area contributed by atoms with Crippen molar-refractivity contribution in [3.8, 4) is 0 Å². The van der Waals surface area contributed by atoms with E-state index in [1.54, 1.807) is 19.9 Å². The second-order valence-electron chi connectivity index (χ2n) is 3.39. The van der Waals surface area contributed by atoms with Gasteiger partial charge in [0, 0.05) is 0 Å². The molecule has 14 heavy (non-hydrogen) atoms. The molecule has 1 atom stereocenters. The number of hydrogen-bond donors (Lipinski definition) is 2. The molecule has 0 saturated heterocycles. The van der Waals surface area contributed by atoms with Crippen LogP contribution in [0.4, 0.5) is 0 Å². The molecular weight excluding hydrogens is 203 g/mol. The van der Waals surface area contributed by atoms with Crippen molar-refractivity contribution in [1.82, 2.24) is 0 Å². The number of phosphoric ester groups is 1. The van der Waals surface area contributed by atoms with Crippen molar-refractivity contribution in [2.75, 3.05) is 0 Å². The molecule has 0 radical (unpaired) electrons. The first-order chi connectivity index (χ1) is 6.27. The third-order valence-corrected chi connectivity index (χ3v) is 2.65. The van der Waals surface area contributed by atoms with Crippen molar-refractivity contribution in [2.24, 2.45) is 5.92 Å². The Labute approximate surface area is 84.5 Å². The number of hydrogen-bond acceptors (Lipinski definition) is 2. The number of rotatable bonds is 6. The van der Waals surface area contributed by atoms with E-state index in [2.05, 4.69) is 13.2 Å². The first kappa shape index (κ1) is 13.6. The van der Waals surface area contributed by atoms with Crippen LogP contribution in [0, 0.1) is 5.92 Å². The summed E-state index contributed by atoms with van der Waals surface area (Å²) in [6, 6.07) is 0. The lowest BCUT2D eigenvalue weighted by Crippen LogP contribution is -2.34. The molecule has 0 saturated carbocycles. The van der Waals surface area contributed by atoms with Gasteiger partial charge in [-0.25, -0.2) is 4.57 Å². The third kappa shape index (κ3) is 3.76. The minimum Gasteiger partial charge on any atom is -0.303 e. The van der Waals surface area contributed by atoms with Crippen LogP contribution in [-0.2, 0) is 9.09 Å². The zero-order valence-corrected chi connectivity index (χ0v) is 9.41. The summed E-state index contributed by atoms with van der Waals surface area (Å²) in [5.74, 6) is -0.0920. The van der Waals surface area contributed by atoms with Gasteiger partial charge in [0.1, 0.15) is 5.60 Å². The fourth-order valence-electron chi connectivity index (χ4n) is 1.18. The van der Waals surface area contributed by atoms with E-state index < -0.39 is 13.4 Å². The average Bonchev–Trinajstić information content (AvgIpc) is 2.00. The van der Waals surface area contributed by atoms with Crippen LogP contribution < -0.4 is 0 Å². The van der Waals surface area contributed by atoms with Crippen LogP contribution in [0.15, 0.2) is 25.3 Å². The van der Waals surface area contributed by atoms with Crippen molar-refractivity contribution in [1.29, 1.82) is 0 Å². The topological polar surface area (TPSA) is 66.8 Å². The maximum Gasteiger partial charge on any atom is 0.470 e. The Hall–Kier alpha value is -0.410. The molecule has 2 N–H and O–H groups in total. The summed E-state index contributed by atoms with van der Waals surface area (Å²) in [6.45, 7) is 10.7. The molecule has 1 unspecified atom stereocenters. The Morgan fingerprint density at radius 2 is 2.00 bits per heavy atom. The molecule has 5 heteroatoms. The molecule has 0 aliphatic carbocycles. The summed E-state index contributed by atoms with van der Waals surface area (Å²) in [7, 11) is -4.51. The van der Waals surface area contributed by atoms with Crippen LogP contribution in [0.1, 0.15) is 20.3 Å². The maximum atomic E-state index is 10.8. The molecule has 0 bridgehead atoms. The highest BCUT2D eigenvalue weighted by Gasteiger charge is 2.37.